The van der Waals surface area contributed by atoms with Gasteiger partial charge in [0.1, 0.15) is 11.6 Å². The average molecular weight is 335 g/mol. The third kappa shape index (κ3) is 3.02. The maximum Gasteiger partial charge on any atom is 0.308 e. The number of ether oxygens (including phenoxy) is 1. The average Bonchev–Trinajstić information content (AvgIpc) is 2.90. The lowest BCUT2D eigenvalue weighted by molar-refractivity contribution is -0.145. The molecule has 0 N–H and O–H groups in total. The molecule has 1 atom stereocenters. The van der Waals surface area contributed by atoms with E-state index in [-0.39, 0.29) is 11.9 Å². The third-order valence-electron chi connectivity index (χ3n) is 5.08. The zero-order chi connectivity index (χ0) is 17.2. The van der Waals surface area contributed by atoms with E-state index in [0.717, 1.165) is 43.9 Å². The van der Waals surface area contributed by atoms with E-state index in [1.54, 1.807) is 0 Å². The monoisotopic (exact) mass is 335 g/mol. The highest BCUT2D eigenvalue weighted by molar-refractivity contribution is 5.85. The summed E-state index contributed by atoms with van der Waals surface area (Å²) in [7, 11) is 1.46. The van der Waals surface area contributed by atoms with Crippen LogP contribution in [0.25, 0.3) is 10.8 Å². The van der Waals surface area contributed by atoms with E-state index in [4.69, 9.17) is 4.74 Å². The van der Waals surface area contributed by atoms with Crippen LogP contribution in [0.1, 0.15) is 30.1 Å². The quantitative estimate of drug-likeness (QED) is 0.690. The molecule has 0 radical (unpaired) electrons. The smallest absolute Gasteiger partial charge is 0.308 e. The summed E-state index contributed by atoms with van der Waals surface area (Å²) in [5.74, 6) is 1.78. The van der Waals surface area contributed by atoms with Crippen molar-refractivity contribution in [1.82, 2.24) is 14.8 Å². The first kappa shape index (κ1) is 15.8. The Kier molecular flexibility index (Phi) is 4.22. The molecule has 3 aromatic rings. The molecule has 5 nitrogen and oxygen atoms in total. The van der Waals surface area contributed by atoms with Gasteiger partial charge in [-0.1, -0.05) is 42.5 Å². The van der Waals surface area contributed by atoms with Crippen molar-refractivity contribution < 1.29 is 9.53 Å². The number of carbonyl (C=O) groups is 1. The number of aromatic nitrogens is 3. The second-order valence-corrected chi connectivity index (χ2v) is 6.55. The van der Waals surface area contributed by atoms with Crippen LogP contribution in [0.2, 0.25) is 0 Å². The predicted octanol–water partition coefficient (Wildman–Crippen LogP) is 3.15. The van der Waals surface area contributed by atoms with Gasteiger partial charge in [-0.05, 0) is 29.2 Å². The minimum atomic E-state index is -0.116. The van der Waals surface area contributed by atoms with Gasteiger partial charge in [0.25, 0.3) is 0 Å². The van der Waals surface area contributed by atoms with Crippen LogP contribution in [0.15, 0.2) is 42.5 Å². The molecule has 0 fully saturated rings. The molecule has 1 aliphatic rings. The summed E-state index contributed by atoms with van der Waals surface area (Å²) in [5.41, 5.74) is 1.25. The van der Waals surface area contributed by atoms with Crippen LogP contribution in [-0.2, 0) is 28.9 Å². The summed E-state index contributed by atoms with van der Waals surface area (Å²) in [5, 5.41) is 11.3. The standard InChI is InChI=1S/C20H21N3O2/c1-25-20(24)15-9-10-18-21-22-19(23(18)12-11-15)13-16-7-4-6-14-5-2-3-8-17(14)16/h2-8,15H,9-13H2,1H3. The number of fused-ring (bicyclic) bond motifs is 2. The van der Waals surface area contributed by atoms with Crippen molar-refractivity contribution in [3.8, 4) is 0 Å². The van der Waals surface area contributed by atoms with Crippen molar-refractivity contribution >= 4 is 16.7 Å². The van der Waals surface area contributed by atoms with Crippen LogP contribution in [0.3, 0.4) is 0 Å². The van der Waals surface area contributed by atoms with Crippen molar-refractivity contribution in [1.29, 1.82) is 0 Å². The molecule has 0 spiro atoms. The molecule has 0 bridgehead atoms. The number of aryl methyl sites for hydroxylation is 1. The zero-order valence-electron chi connectivity index (χ0n) is 14.3. The van der Waals surface area contributed by atoms with Gasteiger partial charge in [0.2, 0.25) is 0 Å². The Bertz CT molecular complexity index is 911. The fourth-order valence-corrected chi connectivity index (χ4v) is 3.70. The highest BCUT2D eigenvalue weighted by atomic mass is 16.5. The summed E-state index contributed by atoms with van der Waals surface area (Å²) in [6.07, 6.45) is 3.07. The molecule has 1 aromatic heterocycles. The van der Waals surface area contributed by atoms with Crippen molar-refractivity contribution in [3.05, 3.63) is 59.7 Å². The second kappa shape index (κ2) is 6.67. The summed E-state index contributed by atoms with van der Waals surface area (Å²) < 4.78 is 7.10. The number of benzene rings is 2. The van der Waals surface area contributed by atoms with E-state index in [1.165, 1.54) is 23.4 Å². The maximum absolute atomic E-state index is 11.8. The Morgan fingerprint density at radius 1 is 1.16 bits per heavy atom. The number of rotatable bonds is 3. The van der Waals surface area contributed by atoms with Crippen LogP contribution in [0.4, 0.5) is 0 Å². The van der Waals surface area contributed by atoms with Gasteiger partial charge in [0.05, 0.1) is 13.0 Å². The molecule has 0 saturated carbocycles. The zero-order valence-corrected chi connectivity index (χ0v) is 14.3. The number of hydrogen-bond acceptors (Lipinski definition) is 4. The Morgan fingerprint density at radius 3 is 2.88 bits per heavy atom. The lowest BCUT2D eigenvalue weighted by Crippen LogP contribution is -2.17. The van der Waals surface area contributed by atoms with Gasteiger partial charge in [-0.2, -0.15) is 0 Å². The Balaban J connectivity index is 1.62. The Morgan fingerprint density at radius 2 is 2.00 bits per heavy atom. The molecule has 128 valence electrons. The highest BCUT2D eigenvalue weighted by Gasteiger charge is 2.25. The molecular weight excluding hydrogens is 314 g/mol. The van der Waals surface area contributed by atoms with Crippen LogP contribution in [0, 0.1) is 5.92 Å². The molecule has 2 aromatic carbocycles. The first-order valence-electron chi connectivity index (χ1n) is 8.71. The number of esters is 1. The van der Waals surface area contributed by atoms with Crippen molar-refractivity contribution in [2.24, 2.45) is 5.92 Å². The number of nitrogens with zero attached hydrogens (tertiary/aromatic N) is 3. The predicted molar refractivity (Wildman–Crippen MR) is 95.2 cm³/mol. The van der Waals surface area contributed by atoms with Gasteiger partial charge in [-0.15, -0.1) is 10.2 Å². The van der Waals surface area contributed by atoms with Crippen molar-refractivity contribution in [2.75, 3.05) is 7.11 Å². The number of hydrogen-bond donors (Lipinski definition) is 0. The Hall–Kier alpha value is -2.69. The maximum atomic E-state index is 11.8. The van der Waals surface area contributed by atoms with E-state index >= 15 is 0 Å². The molecule has 0 amide bonds. The summed E-state index contributed by atoms with van der Waals surface area (Å²) in [4.78, 5) is 11.8. The van der Waals surface area contributed by atoms with Crippen LogP contribution < -0.4 is 0 Å². The fraction of sp³-hybridized carbons (Fsp3) is 0.350. The molecule has 1 aliphatic heterocycles. The van der Waals surface area contributed by atoms with Gasteiger partial charge in [0, 0.05) is 19.4 Å². The van der Waals surface area contributed by atoms with Gasteiger partial charge in [0.15, 0.2) is 0 Å². The summed E-state index contributed by atoms with van der Waals surface area (Å²) in [6.45, 7) is 0.766. The first-order valence-corrected chi connectivity index (χ1v) is 8.71. The lowest BCUT2D eigenvalue weighted by Gasteiger charge is -2.11. The molecule has 0 aliphatic carbocycles. The minimum Gasteiger partial charge on any atom is -0.469 e. The third-order valence-corrected chi connectivity index (χ3v) is 5.08. The molecule has 1 unspecified atom stereocenters. The topological polar surface area (TPSA) is 57.0 Å². The van der Waals surface area contributed by atoms with Gasteiger partial charge >= 0.3 is 5.97 Å². The van der Waals surface area contributed by atoms with Crippen LogP contribution >= 0.6 is 0 Å². The molecule has 0 saturated heterocycles. The highest BCUT2D eigenvalue weighted by Crippen LogP contribution is 2.24. The molecule has 2 heterocycles. The normalized spacial score (nSPS) is 17.1. The second-order valence-electron chi connectivity index (χ2n) is 6.55. The van der Waals surface area contributed by atoms with E-state index in [9.17, 15) is 4.79 Å². The summed E-state index contributed by atoms with van der Waals surface area (Å²) >= 11 is 0. The number of methoxy groups -OCH3 is 1. The van der Waals surface area contributed by atoms with Gasteiger partial charge < -0.3 is 9.30 Å². The SMILES string of the molecule is COC(=O)C1CCc2nnc(Cc3cccc4ccccc34)n2CC1. The van der Waals surface area contributed by atoms with Crippen LogP contribution in [-0.4, -0.2) is 27.8 Å². The van der Waals surface area contributed by atoms with Gasteiger partial charge in [-0.3, -0.25) is 4.79 Å². The Labute approximate surface area is 146 Å². The molecule has 5 heteroatoms. The minimum absolute atomic E-state index is 0.0443. The van der Waals surface area contributed by atoms with Gasteiger partial charge in [-0.25, -0.2) is 0 Å². The van der Waals surface area contributed by atoms with E-state index < -0.39 is 0 Å². The summed E-state index contributed by atoms with van der Waals surface area (Å²) in [6, 6.07) is 14.8. The molecule has 25 heavy (non-hydrogen) atoms. The van der Waals surface area contributed by atoms with Crippen LogP contribution in [0.5, 0.6) is 0 Å². The molecule has 4 rings (SSSR count). The molecular formula is C20H21N3O2. The van der Waals surface area contributed by atoms with Crippen molar-refractivity contribution in [3.63, 3.8) is 0 Å². The fourth-order valence-electron chi connectivity index (χ4n) is 3.70. The largest absolute Gasteiger partial charge is 0.469 e. The lowest BCUT2D eigenvalue weighted by atomic mass is 10.0. The van der Waals surface area contributed by atoms with E-state index in [0.29, 0.717) is 0 Å². The van der Waals surface area contributed by atoms with Crippen molar-refractivity contribution in [2.45, 2.75) is 32.2 Å². The first-order chi connectivity index (χ1) is 12.3. The van der Waals surface area contributed by atoms with E-state index in [1.807, 2.05) is 0 Å². The van der Waals surface area contributed by atoms with E-state index in [2.05, 4.69) is 57.2 Å². The number of carbonyl (C=O) groups excluding carboxylic acids is 1.